The number of carbonyl (C=O) groups is 1. The van der Waals surface area contributed by atoms with Crippen molar-refractivity contribution in [1.82, 2.24) is 0 Å². The van der Waals surface area contributed by atoms with Crippen LogP contribution in [0.3, 0.4) is 0 Å². The molecule has 0 spiro atoms. The minimum absolute atomic E-state index is 0.0415. The van der Waals surface area contributed by atoms with Crippen molar-refractivity contribution in [2.45, 2.75) is 26.9 Å². The Kier molecular flexibility index (Phi) is 4.93. The van der Waals surface area contributed by atoms with Gasteiger partial charge in [0.1, 0.15) is 11.9 Å². The van der Waals surface area contributed by atoms with Crippen LogP contribution in [0.2, 0.25) is 0 Å². The van der Waals surface area contributed by atoms with Crippen LogP contribution in [0.4, 0.5) is 0 Å². The van der Waals surface area contributed by atoms with E-state index in [1.165, 1.54) is 0 Å². The second-order valence-corrected chi connectivity index (χ2v) is 4.43. The van der Waals surface area contributed by atoms with Crippen LogP contribution < -0.4 is 0 Å². The molecule has 1 aromatic rings. The Balaban J connectivity index is 2.70. The van der Waals surface area contributed by atoms with Gasteiger partial charge in [-0.25, -0.2) is 0 Å². The first-order valence-corrected chi connectivity index (χ1v) is 5.80. The van der Waals surface area contributed by atoms with Crippen LogP contribution in [0.15, 0.2) is 30.3 Å². The van der Waals surface area contributed by atoms with E-state index in [1.54, 1.807) is 6.92 Å². The fraction of sp³-hybridized carbons (Fsp3) is 0.400. The smallest absolute Gasteiger partial charge is 0.141 e. The average molecular weight is 230 g/mol. The molecule has 2 unspecified atom stereocenters. The molecule has 0 saturated heterocycles. The van der Waals surface area contributed by atoms with Crippen LogP contribution >= 0.6 is 0 Å². The first-order chi connectivity index (χ1) is 8.02. The molecule has 0 aliphatic rings. The number of carbonyl (C=O) groups excluding carboxylic acids is 1. The lowest BCUT2D eigenvalue weighted by atomic mass is 9.92. The predicted octanol–water partition coefficient (Wildman–Crippen LogP) is 2.26. The van der Waals surface area contributed by atoms with E-state index in [9.17, 15) is 9.90 Å². The zero-order valence-electron chi connectivity index (χ0n) is 10.5. The lowest BCUT2D eigenvalue weighted by Crippen LogP contribution is -2.27. The molecular weight excluding hydrogens is 212 g/mol. The Morgan fingerprint density at radius 1 is 1.18 bits per heavy atom. The number of ketones is 1. The molecule has 1 rings (SSSR count). The monoisotopic (exact) mass is 230 g/mol. The summed E-state index contributed by atoms with van der Waals surface area (Å²) in [5.41, 5.74) is 0.843. The summed E-state index contributed by atoms with van der Waals surface area (Å²) < 4.78 is 0. The summed E-state index contributed by atoms with van der Waals surface area (Å²) in [4.78, 5) is 11.7. The van der Waals surface area contributed by atoms with Gasteiger partial charge in [-0.2, -0.15) is 0 Å². The van der Waals surface area contributed by atoms with Crippen molar-refractivity contribution in [1.29, 1.82) is 0 Å². The van der Waals surface area contributed by atoms with Crippen molar-refractivity contribution in [2.24, 2.45) is 11.8 Å². The van der Waals surface area contributed by atoms with Gasteiger partial charge in [0.05, 0.1) is 5.92 Å². The van der Waals surface area contributed by atoms with Gasteiger partial charge < -0.3 is 5.11 Å². The van der Waals surface area contributed by atoms with Crippen LogP contribution in [0.25, 0.3) is 0 Å². The lowest BCUT2D eigenvalue weighted by molar-refractivity contribution is -0.127. The highest BCUT2D eigenvalue weighted by molar-refractivity contribution is 5.83. The number of Topliss-reactive ketones (excluding diaryl/α,β-unsaturated/α-hetero) is 1. The minimum Gasteiger partial charge on any atom is -0.380 e. The molecule has 2 heteroatoms. The maximum atomic E-state index is 11.7. The van der Waals surface area contributed by atoms with Crippen molar-refractivity contribution >= 4 is 5.78 Å². The van der Waals surface area contributed by atoms with Gasteiger partial charge in [-0.1, -0.05) is 50.8 Å². The van der Waals surface area contributed by atoms with Crippen molar-refractivity contribution in [3.63, 3.8) is 0 Å². The molecule has 90 valence electrons. The van der Waals surface area contributed by atoms with Gasteiger partial charge in [-0.3, -0.25) is 4.79 Å². The molecular formula is C15H18O2. The largest absolute Gasteiger partial charge is 0.380 e. The third-order valence-corrected chi connectivity index (χ3v) is 2.63. The number of benzene rings is 1. The van der Waals surface area contributed by atoms with Gasteiger partial charge in [-0.05, 0) is 12.1 Å². The van der Waals surface area contributed by atoms with Crippen LogP contribution in [0.5, 0.6) is 0 Å². The summed E-state index contributed by atoms with van der Waals surface area (Å²) in [6.07, 6.45) is -0.898. The van der Waals surface area contributed by atoms with E-state index in [-0.39, 0.29) is 11.7 Å². The Morgan fingerprint density at radius 3 is 2.29 bits per heavy atom. The highest BCUT2D eigenvalue weighted by Crippen LogP contribution is 2.10. The Morgan fingerprint density at radius 2 is 1.76 bits per heavy atom. The highest BCUT2D eigenvalue weighted by Gasteiger charge is 2.22. The van der Waals surface area contributed by atoms with Gasteiger partial charge in [-0.15, -0.1) is 0 Å². The fourth-order valence-electron chi connectivity index (χ4n) is 1.49. The summed E-state index contributed by atoms with van der Waals surface area (Å²) in [7, 11) is 0. The van der Waals surface area contributed by atoms with Crippen molar-refractivity contribution in [2.75, 3.05) is 0 Å². The van der Waals surface area contributed by atoms with Crippen LogP contribution in [-0.4, -0.2) is 17.0 Å². The number of aliphatic hydroxyl groups excluding tert-OH is 1. The Bertz CT molecular complexity index is 423. The molecule has 0 aliphatic carbocycles. The second kappa shape index (κ2) is 6.22. The van der Waals surface area contributed by atoms with Crippen molar-refractivity contribution < 1.29 is 9.90 Å². The topological polar surface area (TPSA) is 37.3 Å². The zero-order valence-corrected chi connectivity index (χ0v) is 10.5. The van der Waals surface area contributed by atoms with Crippen molar-refractivity contribution in [3.8, 4) is 11.8 Å². The molecule has 0 aromatic heterocycles. The van der Waals surface area contributed by atoms with E-state index in [4.69, 9.17) is 0 Å². The van der Waals surface area contributed by atoms with Gasteiger partial charge >= 0.3 is 0 Å². The minimum atomic E-state index is -0.898. The summed E-state index contributed by atoms with van der Waals surface area (Å²) in [5, 5.41) is 9.80. The number of rotatable bonds is 3. The normalized spacial score (nSPS) is 13.7. The third-order valence-electron chi connectivity index (χ3n) is 2.63. The summed E-state index contributed by atoms with van der Waals surface area (Å²) in [5.74, 6) is 5.12. The molecule has 1 aromatic carbocycles. The molecule has 2 atom stereocenters. The van der Waals surface area contributed by atoms with Crippen molar-refractivity contribution in [3.05, 3.63) is 35.9 Å². The molecule has 2 nitrogen and oxygen atoms in total. The molecule has 0 aliphatic heterocycles. The zero-order chi connectivity index (χ0) is 12.8. The molecule has 1 N–H and O–H groups in total. The van der Waals surface area contributed by atoms with Crippen LogP contribution in [0.1, 0.15) is 26.3 Å². The summed E-state index contributed by atoms with van der Waals surface area (Å²) in [6.45, 7) is 5.37. The van der Waals surface area contributed by atoms with E-state index >= 15 is 0 Å². The first kappa shape index (κ1) is 13.5. The summed E-state index contributed by atoms with van der Waals surface area (Å²) >= 11 is 0. The average Bonchev–Trinajstić information content (AvgIpc) is 2.35. The Hall–Kier alpha value is -1.59. The van der Waals surface area contributed by atoms with Gasteiger partial charge in [0.25, 0.3) is 0 Å². The predicted molar refractivity (Wildman–Crippen MR) is 68.3 cm³/mol. The molecule has 0 amide bonds. The molecule has 17 heavy (non-hydrogen) atoms. The molecule has 0 heterocycles. The molecule has 0 radical (unpaired) electrons. The van der Waals surface area contributed by atoms with Gasteiger partial charge in [0, 0.05) is 11.5 Å². The molecule has 0 bridgehead atoms. The van der Waals surface area contributed by atoms with Gasteiger partial charge in [0.2, 0.25) is 0 Å². The SMILES string of the molecule is CC(C)C(=O)C(C)C(O)C#Cc1ccccc1. The standard InChI is InChI=1S/C15H18O2/c1-11(2)15(17)12(3)14(16)10-9-13-7-5-4-6-8-13/h4-8,11-12,14,16H,1-3H3. The third kappa shape index (κ3) is 4.05. The van der Waals surface area contributed by atoms with Crippen LogP contribution in [0, 0.1) is 23.7 Å². The van der Waals surface area contributed by atoms with E-state index in [0.717, 1.165) is 5.56 Å². The second-order valence-electron chi connectivity index (χ2n) is 4.43. The van der Waals surface area contributed by atoms with E-state index < -0.39 is 12.0 Å². The maximum absolute atomic E-state index is 11.7. The van der Waals surface area contributed by atoms with Crippen LogP contribution in [-0.2, 0) is 4.79 Å². The van der Waals surface area contributed by atoms with E-state index in [1.807, 2.05) is 44.2 Å². The molecule has 0 saturated carbocycles. The number of aliphatic hydroxyl groups is 1. The lowest BCUT2D eigenvalue weighted by Gasteiger charge is -2.14. The molecule has 0 fully saturated rings. The summed E-state index contributed by atoms with van der Waals surface area (Å²) in [6, 6.07) is 9.42. The van der Waals surface area contributed by atoms with Gasteiger partial charge in [0.15, 0.2) is 0 Å². The van der Waals surface area contributed by atoms with E-state index in [0.29, 0.717) is 0 Å². The highest BCUT2D eigenvalue weighted by atomic mass is 16.3. The fourth-order valence-corrected chi connectivity index (χ4v) is 1.49. The first-order valence-electron chi connectivity index (χ1n) is 5.80. The van der Waals surface area contributed by atoms with E-state index in [2.05, 4.69) is 11.8 Å². The Labute approximate surface area is 103 Å². The number of hydrogen-bond donors (Lipinski definition) is 1. The maximum Gasteiger partial charge on any atom is 0.141 e. The quantitative estimate of drug-likeness (QED) is 0.809. The number of hydrogen-bond acceptors (Lipinski definition) is 2.